The third-order valence-electron chi connectivity index (χ3n) is 2.84. The molecule has 0 saturated heterocycles. The van der Waals surface area contributed by atoms with Gasteiger partial charge in [-0.2, -0.15) is 26.3 Å². The van der Waals surface area contributed by atoms with Crippen molar-refractivity contribution in [1.29, 1.82) is 0 Å². The number of alkyl halides is 6. The minimum absolute atomic E-state index is 0.326. The monoisotopic (exact) mass is 310 g/mol. The molecule has 21 heavy (non-hydrogen) atoms. The smallest absolute Gasteiger partial charge is 0.286 e. The molecular weight excluding hydrogens is 302 g/mol. The quantitative estimate of drug-likeness (QED) is 0.804. The van der Waals surface area contributed by atoms with Crippen LogP contribution < -0.4 is 5.56 Å². The molecule has 0 fully saturated rings. The van der Waals surface area contributed by atoms with Gasteiger partial charge in [-0.3, -0.25) is 9.89 Å². The molecule has 0 atom stereocenters. The predicted octanol–water partition coefficient (Wildman–Crippen LogP) is 3.51. The third-order valence-corrected chi connectivity index (χ3v) is 2.84. The van der Waals surface area contributed by atoms with Crippen LogP contribution in [0.25, 0.3) is 5.69 Å². The molecule has 0 aliphatic heterocycles. The standard InChI is InChI=1S/C12H8F6N2O/c1-6-9(12(16,17)18)19-20(10(6)21)8-4-2-3-7(5-8)11(13,14)15/h2-5,19H,1H3. The first-order chi connectivity index (χ1) is 9.51. The minimum atomic E-state index is -4.80. The molecule has 0 amide bonds. The number of nitrogens with zero attached hydrogens (tertiary/aromatic N) is 1. The van der Waals surface area contributed by atoms with Gasteiger partial charge in [0.05, 0.1) is 11.3 Å². The zero-order valence-electron chi connectivity index (χ0n) is 10.4. The van der Waals surface area contributed by atoms with Crippen LogP contribution in [0.2, 0.25) is 0 Å². The number of nitrogens with one attached hydrogen (secondary N) is 1. The minimum Gasteiger partial charge on any atom is -0.286 e. The Morgan fingerprint density at radius 1 is 1.05 bits per heavy atom. The van der Waals surface area contributed by atoms with Crippen LogP contribution in [0.1, 0.15) is 16.8 Å². The van der Waals surface area contributed by atoms with Gasteiger partial charge in [0.15, 0.2) is 0 Å². The van der Waals surface area contributed by atoms with E-state index in [0.717, 1.165) is 25.1 Å². The first-order valence-corrected chi connectivity index (χ1v) is 5.58. The van der Waals surface area contributed by atoms with Crippen LogP contribution in [0.3, 0.4) is 0 Å². The van der Waals surface area contributed by atoms with Crippen LogP contribution in [0, 0.1) is 6.92 Å². The van der Waals surface area contributed by atoms with Crippen molar-refractivity contribution in [2.75, 3.05) is 0 Å². The maximum Gasteiger partial charge on any atom is 0.433 e. The summed E-state index contributed by atoms with van der Waals surface area (Å²) >= 11 is 0. The van der Waals surface area contributed by atoms with Crippen molar-refractivity contribution in [3.63, 3.8) is 0 Å². The van der Waals surface area contributed by atoms with Crippen molar-refractivity contribution >= 4 is 0 Å². The van der Waals surface area contributed by atoms with Crippen molar-refractivity contribution in [3.8, 4) is 5.69 Å². The van der Waals surface area contributed by atoms with Crippen molar-refractivity contribution in [1.82, 2.24) is 9.78 Å². The van der Waals surface area contributed by atoms with Crippen LogP contribution >= 0.6 is 0 Å². The molecule has 0 saturated carbocycles. The summed E-state index contributed by atoms with van der Waals surface area (Å²) in [6, 6.07) is 3.47. The largest absolute Gasteiger partial charge is 0.433 e. The van der Waals surface area contributed by atoms with E-state index in [1.165, 1.54) is 0 Å². The maximum atomic E-state index is 12.7. The second kappa shape index (κ2) is 4.68. The highest BCUT2D eigenvalue weighted by atomic mass is 19.4. The molecule has 1 N–H and O–H groups in total. The van der Waals surface area contributed by atoms with Crippen molar-refractivity contribution in [2.24, 2.45) is 0 Å². The van der Waals surface area contributed by atoms with E-state index in [0.29, 0.717) is 10.7 Å². The van der Waals surface area contributed by atoms with E-state index in [1.807, 2.05) is 0 Å². The fourth-order valence-electron chi connectivity index (χ4n) is 1.80. The van der Waals surface area contributed by atoms with Gasteiger partial charge in [0.2, 0.25) is 0 Å². The highest BCUT2D eigenvalue weighted by Gasteiger charge is 2.37. The molecule has 0 aliphatic rings. The summed E-state index contributed by atoms with van der Waals surface area (Å²) in [6.07, 6.45) is -9.45. The van der Waals surface area contributed by atoms with Crippen LogP contribution in [0.15, 0.2) is 29.1 Å². The number of aromatic amines is 1. The maximum absolute atomic E-state index is 12.7. The molecule has 2 aromatic rings. The van der Waals surface area contributed by atoms with E-state index in [4.69, 9.17) is 0 Å². The Labute approximate surface area is 113 Å². The Morgan fingerprint density at radius 3 is 2.14 bits per heavy atom. The Bertz CT molecular complexity index is 723. The van der Waals surface area contributed by atoms with Gasteiger partial charge in [-0.05, 0) is 25.1 Å². The summed E-state index contributed by atoms with van der Waals surface area (Å²) in [4.78, 5) is 11.7. The lowest BCUT2D eigenvalue weighted by atomic mass is 10.2. The topological polar surface area (TPSA) is 37.8 Å². The molecule has 0 unspecified atom stereocenters. The van der Waals surface area contributed by atoms with Crippen molar-refractivity contribution < 1.29 is 26.3 Å². The van der Waals surface area contributed by atoms with Crippen molar-refractivity contribution in [3.05, 3.63) is 51.4 Å². The second-order valence-corrected chi connectivity index (χ2v) is 4.30. The normalized spacial score (nSPS) is 12.7. The second-order valence-electron chi connectivity index (χ2n) is 4.30. The fraction of sp³-hybridized carbons (Fsp3) is 0.250. The molecule has 0 radical (unpaired) electrons. The van der Waals surface area contributed by atoms with E-state index in [9.17, 15) is 31.1 Å². The van der Waals surface area contributed by atoms with Gasteiger partial charge in [0.25, 0.3) is 5.56 Å². The van der Waals surface area contributed by atoms with Gasteiger partial charge in [-0.1, -0.05) is 6.07 Å². The Balaban J connectivity index is 2.61. The van der Waals surface area contributed by atoms with E-state index in [-0.39, 0.29) is 5.69 Å². The summed E-state index contributed by atoms with van der Waals surface area (Å²) < 4.78 is 76.2. The number of hydrogen-bond acceptors (Lipinski definition) is 1. The molecule has 2 rings (SSSR count). The number of rotatable bonds is 1. The lowest BCUT2D eigenvalue weighted by molar-refractivity contribution is -0.142. The number of benzene rings is 1. The highest BCUT2D eigenvalue weighted by molar-refractivity contribution is 5.38. The molecule has 3 nitrogen and oxygen atoms in total. The molecule has 9 heteroatoms. The SMILES string of the molecule is Cc1c(C(F)(F)F)[nH]n(-c2cccc(C(F)(F)F)c2)c1=O. The predicted molar refractivity (Wildman–Crippen MR) is 61.1 cm³/mol. The zero-order valence-corrected chi connectivity index (χ0v) is 10.4. The van der Waals surface area contributed by atoms with Crippen molar-refractivity contribution in [2.45, 2.75) is 19.3 Å². The molecule has 0 aliphatic carbocycles. The summed E-state index contributed by atoms with van der Waals surface area (Å²) in [5.41, 5.74) is -4.34. The molecular formula is C12H8F6N2O. The van der Waals surface area contributed by atoms with E-state index in [1.54, 1.807) is 5.10 Å². The van der Waals surface area contributed by atoms with Crippen LogP contribution in [-0.2, 0) is 12.4 Å². The van der Waals surface area contributed by atoms with E-state index >= 15 is 0 Å². The lowest BCUT2D eigenvalue weighted by Crippen LogP contribution is -2.16. The molecule has 114 valence electrons. The van der Waals surface area contributed by atoms with E-state index < -0.39 is 34.7 Å². The molecule has 1 aromatic carbocycles. The summed E-state index contributed by atoms with van der Waals surface area (Å²) in [7, 11) is 0. The molecule has 1 heterocycles. The molecule has 0 spiro atoms. The van der Waals surface area contributed by atoms with Gasteiger partial charge < -0.3 is 0 Å². The number of aromatic nitrogens is 2. The Morgan fingerprint density at radius 2 is 1.67 bits per heavy atom. The van der Waals surface area contributed by atoms with E-state index in [2.05, 4.69) is 0 Å². The average Bonchev–Trinajstić information content (AvgIpc) is 2.65. The Kier molecular flexibility index (Phi) is 3.38. The number of halogens is 6. The van der Waals surface area contributed by atoms with Gasteiger partial charge in [0.1, 0.15) is 5.69 Å². The van der Waals surface area contributed by atoms with Gasteiger partial charge in [-0.15, -0.1) is 0 Å². The summed E-state index contributed by atoms with van der Waals surface area (Å²) in [6.45, 7) is 0.950. The zero-order chi connectivity index (χ0) is 16.0. The summed E-state index contributed by atoms with van der Waals surface area (Å²) in [5, 5.41) is 1.80. The van der Waals surface area contributed by atoms with Gasteiger partial charge in [-0.25, -0.2) is 4.68 Å². The van der Waals surface area contributed by atoms with Crippen LogP contribution in [0.4, 0.5) is 26.3 Å². The first-order valence-electron chi connectivity index (χ1n) is 5.58. The van der Waals surface area contributed by atoms with Crippen LogP contribution in [-0.4, -0.2) is 9.78 Å². The average molecular weight is 310 g/mol. The Hall–Kier alpha value is -2.19. The lowest BCUT2D eigenvalue weighted by Gasteiger charge is -2.09. The third kappa shape index (κ3) is 2.81. The number of hydrogen-bond donors (Lipinski definition) is 1. The first kappa shape index (κ1) is 15.2. The van der Waals surface area contributed by atoms with Crippen LogP contribution in [0.5, 0.6) is 0 Å². The van der Waals surface area contributed by atoms with Gasteiger partial charge >= 0.3 is 12.4 Å². The molecule has 1 aromatic heterocycles. The molecule has 0 bridgehead atoms. The summed E-state index contributed by atoms with van der Waals surface area (Å²) in [5.74, 6) is 0. The number of H-pyrrole nitrogens is 1. The van der Waals surface area contributed by atoms with Gasteiger partial charge in [0, 0.05) is 5.56 Å². The fourth-order valence-corrected chi connectivity index (χ4v) is 1.80. The highest BCUT2D eigenvalue weighted by Crippen LogP contribution is 2.31.